The van der Waals surface area contributed by atoms with Crippen LogP contribution in [0.3, 0.4) is 0 Å². The number of allylic oxidation sites excluding steroid dienone is 1. The summed E-state index contributed by atoms with van der Waals surface area (Å²) in [5, 5.41) is 24.5. The molecule has 1 aromatic carbocycles. The van der Waals surface area contributed by atoms with Gasteiger partial charge in [-0.25, -0.2) is 0 Å². The lowest BCUT2D eigenvalue weighted by Crippen LogP contribution is -2.10. The fourth-order valence-electron chi connectivity index (χ4n) is 1.75. The summed E-state index contributed by atoms with van der Waals surface area (Å²) < 4.78 is 44.1. The Bertz CT molecular complexity index is 762. The number of aromatic amines is 1. The van der Waals surface area contributed by atoms with E-state index in [1.165, 1.54) is 12.3 Å². The number of ether oxygens (including phenoxy) is 1. The standard InChI is InChI=1S/C14H13F3N6O/c1-8(2)24-12-4-3-10(14(15,16)17)5-11(12)19-7-9(6-18)13-20-22-23-21-13/h3-5,7-8,19H,1-2H3,(H,20,21,22,23). The fraction of sp³-hybridized carbons (Fsp3) is 0.286. The molecule has 1 heterocycles. The van der Waals surface area contributed by atoms with E-state index in [0.717, 1.165) is 12.1 Å². The van der Waals surface area contributed by atoms with Crippen molar-refractivity contribution in [1.29, 1.82) is 5.26 Å². The molecule has 0 saturated carbocycles. The summed E-state index contributed by atoms with van der Waals surface area (Å²) in [6.45, 7) is 3.49. The van der Waals surface area contributed by atoms with Gasteiger partial charge in [0.15, 0.2) is 0 Å². The largest absolute Gasteiger partial charge is 0.489 e. The van der Waals surface area contributed by atoms with E-state index in [-0.39, 0.29) is 28.9 Å². The van der Waals surface area contributed by atoms with Gasteiger partial charge in [0.2, 0.25) is 5.82 Å². The summed E-state index contributed by atoms with van der Waals surface area (Å²) in [6, 6.07) is 4.88. The van der Waals surface area contributed by atoms with Gasteiger partial charge in [0.1, 0.15) is 17.4 Å². The lowest BCUT2D eigenvalue weighted by molar-refractivity contribution is -0.137. The number of hydrogen-bond acceptors (Lipinski definition) is 6. The first-order chi connectivity index (χ1) is 11.3. The van der Waals surface area contributed by atoms with Crippen LogP contribution in [0.5, 0.6) is 5.75 Å². The van der Waals surface area contributed by atoms with Crippen LogP contribution in [0, 0.1) is 11.3 Å². The minimum absolute atomic E-state index is 0.00309. The molecule has 0 spiro atoms. The van der Waals surface area contributed by atoms with Crippen LogP contribution in [0.1, 0.15) is 25.2 Å². The molecule has 2 N–H and O–H groups in total. The van der Waals surface area contributed by atoms with Crippen molar-refractivity contribution in [2.45, 2.75) is 26.1 Å². The highest BCUT2D eigenvalue weighted by Gasteiger charge is 2.31. The number of alkyl halides is 3. The van der Waals surface area contributed by atoms with Gasteiger partial charge in [0.05, 0.1) is 17.4 Å². The Morgan fingerprint density at radius 2 is 2.17 bits per heavy atom. The number of benzene rings is 1. The van der Waals surface area contributed by atoms with E-state index in [1.54, 1.807) is 13.8 Å². The molecule has 0 fully saturated rings. The second-order valence-corrected chi connectivity index (χ2v) is 4.92. The Hall–Kier alpha value is -3.09. The molecule has 0 aliphatic rings. The van der Waals surface area contributed by atoms with Crippen molar-refractivity contribution in [2.24, 2.45) is 0 Å². The number of anilines is 1. The maximum absolute atomic E-state index is 12.9. The van der Waals surface area contributed by atoms with Crippen molar-refractivity contribution in [2.75, 3.05) is 5.32 Å². The number of H-pyrrole nitrogens is 1. The zero-order chi connectivity index (χ0) is 17.7. The van der Waals surface area contributed by atoms with E-state index in [2.05, 4.69) is 25.9 Å². The molecule has 1 aromatic heterocycles. The number of nitrogens with one attached hydrogen (secondary N) is 2. The molecule has 0 aliphatic heterocycles. The predicted molar refractivity (Wildman–Crippen MR) is 78.6 cm³/mol. The van der Waals surface area contributed by atoms with Crippen molar-refractivity contribution in [3.63, 3.8) is 0 Å². The minimum atomic E-state index is -4.50. The van der Waals surface area contributed by atoms with Crippen LogP contribution in [0.25, 0.3) is 5.57 Å². The molecule has 2 rings (SSSR count). The molecule has 2 aromatic rings. The molecule has 10 heteroatoms. The van der Waals surface area contributed by atoms with Crippen molar-refractivity contribution < 1.29 is 17.9 Å². The van der Waals surface area contributed by atoms with E-state index < -0.39 is 11.7 Å². The molecule has 126 valence electrons. The molecule has 0 bridgehead atoms. The number of rotatable bonds is 5. The van der Waals surface area contributed by atoms with Crippen LogP contribution in [-0.4, -0.2) is 26.7 Å². The Balaban J connectivity index is 2.37. The maximum Gasteiger partial charge on any atom is 0.416 e. The SMILES string of the molecule is CC(C)Oc1ccc(C(F)(F)F)cc1NC=C(C#N)c1nn[nH]n1. The maximum atomic E-state index is 12.9. The minimum Gasteiger partial charge on any atom is -0.489 e. The lowest BCUT2D eigenvalue weighted by atomic mass is 10.1. The number of halogens is 3. The summed E-state index contributed by atoms with van der Waals surface area (Å²) >= 11 is 0. The van der Waals surface area contributed by atoms with Gasteiger partial charge in [-0.05, 0) is 37.3 Å². The van der Waals surface area contributed by atoms with Gasteiger partial charge in [-0.2, -0.15) is 23.6 Å². The van der Waals surface area contributed by atoms with Crippen LogP contribution in [-0.2, 0) is 6.18 Å². The Labute approximate surface area is 135 Å². The third-order valence-corrected chi connectivity index (χ3v) is 2.75. The van der Waals surface area contributed by atoms with Crippen LogP contribution in [0.15, 0.2) is 24.4 Å². The summed E-state index contributed by atoms with van der Waals surface area (Å²) in [7, 11) is 0. The molecular weight excluding hydrogens is 325 g/mol. The number of tetrazole rings is 1. The molecule has 0 amide bonds. The highest BCUT2D eigenvalue weighted by Crippen LogP contribution is 2.35. The summed E-state index contributed by atoms with van der Waals surface area (Å²) in [5.74, 6) is 0.239. The first-order valence-electron chi connectivity index (χ1n) is 6.79. The normalized spacial score (nSPS) is 12.1. The molecular formula is C14H13F3N6O. The van der Waals surface area contributed by atoms with E-state index in [4.69, 9.17) is 10.00 Å². The average molecular weight is 338 g/mol. The van der Waals surface area contributed by atoms with Crippen LogP contribution in [0.4, 0.5) is 18.9 Å². The third-order valence-electron chi connectivity index (χ3n) is 2.75. The van der Waals surface area contributed by atoms with Crippen LogP contribution < -0.4 is 10.1 Å². The molecule has 0 unspecified atom stereocenters. The summed E-state index contributed by atoms with van der Waals surface area (Å²) in [4.78, 5) is 0. The highest BCUT2D eigenvalue weighted by molar-refractivity contribution is 5.75. The average Bonchev–Trinajstić information content (AvgIpc) is 3.02. The molecule has 0 aliphatic carbocycles. The Morgan fingerprint density at radius 3 is 2.71 bits per heavy atom. The third kappa shape index (κ3) is 4.22. The quantitative estimate of drug-likeness (QED) is 0.813. The number of hydrogen-bond donors (Lipinski definition) is 2. The monoisotopic (exact) mass is 338 g/mol. The van der Waals surface area contributed by atoms with Crippen molar-refractivity contribution in [3.8, 4) is 11.8 Å². The first kappa shape index (κ1) is 17.3. The molecule has 7 nitrogen and oxygen atoms in total. The zero-order valence-corrected chi connectivity index (χ0v) is 12.7. The second kappa shape index (κ2) is 6.99. The number of nitriles is 1. The Kier molecular flexibility index (Phi) is 5.03. The van der Waals surface area contributed by atoms with Crippen LogP contribution in [0.2, 0.25) is 0 Å². The van der Waals surface area contributed by atoms with Crippen molar-refractivity contribution >= 4 is 11.3 Å². The summed E-state index contributed by atoms with van der Waals surface area (Å²) in [6.07, 6.45) is -3.55. The van der Waals surface area contributed by atoms with Gasteiger partial charge in [-0.15, -0.1) is 10.2 Å². The molecule has 24 heavy (non-hydrogen) atoms. The zero-order valence-electron chi connectivity index (χ0n) is 12.7. The van der Waals surface area contributed by atoms with E-state index in [0.29, 0.717) is 0 Å². The molecule has 0 atom stereocenters. The summed E-state index contributed by atoms with van der Waals surface area (Å²) in [5.41, 5.74) is -0.779. The molecule has 0 radical (unpaired) electrons. The van der Waals surface area contributed by atoms with E-state index >= 15 is 0 Å². The molecule has 0 saturated heterocycles. The fourth-order valence-corrected chi connectivity index (χ4v) is 1.75. The van der Waals surface area contributed by atoms with Crippen LogP contribution >= 0.6 is 0 Å². The van der Waals surface area contributed by atoms with Gasteiger partial charge in [0.25, 0.3) is 0 Å². The lowest BCUT2D eigenvalue weighted by Gasteiger charge is -2.16. The van der Waals surface area contributed by atoms with Gasteiger partial charge < -0.3 is 10.1 Å². The van der Waals surface area contributed by atoms with Gasteiger partial charge in [-0.3, -0.25) is 0 Å². The first-order valence-corrected chi connectivity index (χ1v) is 6.79. The predicted octanol–water partition coefficient (Wildman–Crippen LogP) is 2.98. The van der Waals surface area contributed by atoms with Gasteiger partial charge in [0, 0.05) is 6.20 Å². The van der Waals surface area contributed by atoms with Crippen molar-refractivity contribution in [1.82, 2.24) is 20.6 Å². The second-order valence-electron chi connectivity index (χ2n) is 4.92. The number of nitrogens with zero attached hydrogens (tertiary/aromatic N) is 4. The highest BCUT2D eigenvalue weighted by atomic mass is 19.4. The van der Waals surface area contributed by atoms with E-state index in [1.807, 2.05) is 6.07 Å². The van der Waals surface area contributed by atoms with E-state index in [9.17, 15) is 13.2 Å². The number of aromatic nitrogens is 4. The van der Waals surface area contributed by atoms with Gasteiger partial charge >= 0.3 is 6.18 Å². The smallest absolute Gasteiger partial charge is 0.416 e. The Morgan fingerprint density at radius 1 is 1.42 bits per heavy atom. The van der Waals surface area contributed by atoms with Crippen molar-refractivity contribution in [3.05, 3.63) is 35.8 Å². The van der Waals surface area contributed by atoms with Gasteiger partial charge in [-0.1, -0.05) is 0 Å². The topological polar surface area (TPSA) is 99.5 Å².